The van der Waals surface area contributed by atoms with Crippen LogP contribution in [-0.2, 0) is 17.1 Å². The molecule has 134 valence electrons. The first kappa shape index (κ1) is 17.6. The number of primary sulfonamides is 1. The monoisotopic (exact) mass is 371 g/mol. The zero-order chi connectivity index (χ0) is 18.7. The molecule has 4 N–H and O–H groups in total. The van der Waals surface area contributed by atoms with Crippen LogP contribution in [0.4, 0.5) is 16.3 Å². The van der Waals surface area contributed by atoms with Crippen molar-refractivity contribution in [1.29, 1.82) is 0 Å². The van der Waals surface area contributed by atoms with Crippen molar-refractivity contribution in [1.82, 2.24) is 9.78 Å². The standard InChI is InChI=1S/C17H17N5O3S/c1-22-15(12-5-3-2-4-6-12)11-16(21-22)20-17(23)19-13-7-9-14(10-8-13)26(18,24)25/h2-11H,1H3,(H2,18,24,25)(H2,19,20,21,23). The molecule has 1 aromatic heterocycles. The normalized spacial score (nSPS) is 11.2. The van der Waals surface area contributed by atoms with Crippen molar-refractivity contribution in [3.05, 3.63) is 60.7 Å². The minimum atomic E-state index is -3.77. The number of carbonyl (C=O) groups excluding carboxylic acids is 1. The summed E-state index contributed by atoms with van der Waals surface area (Å²) in [5.74, 6) is 0.394. The van der Waals surface area contributed by atoms with Crippen molar-refractivity contribution in [3.63, 3.8) is 0 Å². The van der Waals surface area contributed by atoms with Gasteiger partial charge in [0.2, 0.25) is 10.0 Å². The molecule has 0 fully saturated rings. The Kier molecular flexibility index (Phi) is 4.74. The van der Waals surface area contributed by atoms with Gasteiger partial charge in [-0.15, -0.1) is 0 Å². The van der Waals surface area contributed by atoms with Gasteiger partial charge in [-0.1, -0.05) is 30.3 Å². The molecule has 3 aromatic rings. The zero-order valence-electron chi connectivity index (χ0n) is 13.9. The number of anilines is 2. The Morgan fingerprint density at radius 3 is 2.31 bits per heavy atom. The first-order valence-electron chi connectivity index (χ1n) is 7.63. The van der Waals surface area contributed by atoms with Crippen molar-refractivity contribution < 1.29 is 13.2 Å². The Hall–Kier alpha value is -3.17. The van der Waals surface area contributed by atoms with Gasteiger partial charge in [-0.25, -0.2) is 18.4 Å². The summed E-state index contributed by atoms with van der Waals surface area (Å²) in [4.78, 5) is 12.1. The quantitative estimate of drug-likeness (QED) is 0.652. The van der Waals surface area contributed by atoms with Crippen molar-refractivity contribution >= 4 is 27.6 Å². The predicted molar refractivity (Wildman–Crippen MR) is 99.1 cm³/mol. The highest BCUT2D eigenvalue weighted by atomic mass is 32.2. The van der Waals surface area contributed by atoms with E-state index in [2.05, 4.69) is 15.7 Å². The number of nitrogens with two attached hydrogens (primary N) is 1. The lowest BCUT2D eigenvalue weighted by molar-refractivity contribution is 0.262. The predicted octanol–water partition coefficient (Wildman–Crippen LogP) is 2.38. The molecule has 0 saturated heterocycles. The average Bonchev–Trinajstić information content (AvgIpc) is 2.95. The maximum Gasteiger partial charge on any atom is 0.324 e. The highest BCUT2D eigenvalue weighted by molar-refractivity contribution is 7.89. The Morgan fingerprint density at radius 1 is 1.04 bits per heavy atom. The van der Waals surface area contributed by atoms with Crippen molar-refractivity contribution in [2.24, 2.45) is 12.2 Å². The molecular weight excluding hydrogens is 354 g/mol. The third-order valence-electron chi connectivity index (χ3n) is 3.63. The first-order chi connectivity index (χ1) is 12.3. The van der Waals surface area contributed by atoms with Gasteiger partial charge in [0.05, 0.1) is 10.6 Å². The molecule has 0 spiro atoms. The summed E-state index contributed by atoms with van der Waals surface area (Å²) in [6.07, 6.45) is 0. The number of benzene rings is 2. The number of urea groups is 1. The van der Waals surface area contributed by atoms with Gasteiger partial charge in [0.25, 0.3) is 0 Å². The van der Waals surface area contributed by atoms with Crippen LogP contribution in [0.25, 0.3) is 11.3 Å². The summed E-state index contributed by atoms with van der Waals surface area (Å²) < 4.78 is 24.1. The van der Waals surface area contributed by atoms with Crippen molar-refractivity contribution in [3.8, 4) is 11.3 Å². The second-order valence-electron chi connectivity index (χ2n) is 5.55. The molecule has 0 atom stereocenters. The largest absolute Gasteiger partial charge is 0.324 e. The summed E-state index contributed by atoms with van der Waals surface area (Å²) in [7, 11) is -1.98. The zero-order valence-corrected chi connectivity index (χ0v) is 14.7. The van der Waals surface area contributed by atoms with E-state index >= 15 is 0 Å². The average molecular weight is 371 g/mol. The topological polar surface area (TPSA) is 119 Å². The lowest BCUT2D eigenvalue weighted by Gasteiger charge is -2.06. The van der Waals surface area contributed by atoms with Gasteiger partial charge < -0.3 is 5.32 Å². The van der Waals surface area contributed by atoms with Crippen LogP contribution < -0.4 is 15.8 Å². The first-order valence-corrected chi connectivity index (χ1v) is 9.18. The Bertz CT molecular complexity index is 1030. The van der Waals surface area contributed by atoms with Crippen LogP contribution in [0.15, 0.2) is 65.6 Å². The molecule has 1 heterocycles. The van der Waals surface area contributed by atoms with Gasteiger partial charge in [0, 0.05) is 18.8 Å². The fourth-order valence-corrected chi connectivity index (χ4v) is 2.93. The number of hydrogen-bond acceptors (Lipinski definition) is 4. The van der Waals surface area contributed by atoms with E-state index in [9.17, 15) is 13.2 Å². The van der Waals surface area contributed by atoms with E-state index < -0.39 is 16.1 Å². The number of carbonyl (C=O) groups is 1. The second-order valence-corrected chi connectivity index (χ2v) is 7.11. The van der Waals surface area contributed by atoms with Crippen LogP contribution in [0.5, 0.6) is 0 Å². The summed E-state index contributed by atoms with van der Waals surface area (Å²) in [6, 6.07) is 16.5. The van der Waals surface area contributed by atoms with Gasteiger partial charge in [-0.05, 0) is 29.8 Å². The van der Waals surface area contributed by atoms with Crippen LogP contribution in [-0.4, -0.2) is 24.2 Å². The van der Waals surface area contributed by atoms with Gasteiger partial charge in [-0.3, -0.25) is 10.00 Å². The van der Waals surface area contributed by atoms with Gasteiger partial charge in [-0.2, -0.15) is 5.10 Å². The summed E-state index contributed by atoms with van der Waals surface area (Å²) >= 11 is 0. The molecule has 26 heavy (non-hydrogen) atoms. The van der Waals surface area contributed by atoms with Crippen LogP contribution >= 0.6 is 0 Å². The minimum absolute atomic E-state index is 0.0271. The van der Waals surface area contributed by atoms with Gasteiger partial charge in [0.1, 0.15) is 0 Å². The fraction of sp³-hybridized carbons (Fsp3) is 0.0588. The molecular formula is C17H17N5O3S. The summed E-state index contributed by atoms with van der Waals surface area (Å²) in [5.41, 5.74) is 2.27. The SMILES string of the molecule is Cn1nc(NC(=O)Nc2ccc(S(N)(=O)=O)cc2)cc1-c1ccccc1. The molecule has 9 heteroatoms. The maximum absolute atomic E-state index is 12.1. The number of nitrogens with one attached hydrogen (secondary N) is 2. The number of aryl methyl sites for hydroxylation is 1. The smallest absolute Gasteiger partial charge is 0.308 e. The van der Waals surface area contributed by atoms with E-state index in [4.69, 9.17) is 5.14 Å². The summed E-state index contributed by atoms with van der Waals surface area (Å²) in [5, 5.41) is 14.5. The molecule has 0 bridgehead atoms. The van der Waals surface area contributed by atoms with E-state index in [0.717, 1.165) is 11.3 Å². The lowest BCUT2D eigenvalue weighted by atomic mass is 10.1. The molecule has 3 rings (SSSR count). The number of rotatable bonds is 4. The number of sulfonamides is 1. The molecule has 0 aliphatic heterocycles. The lowest BCUT2D eigenvalue weighted by Crippen LogP contribution is -2.20. The van der Waals surface area contributed by atoms with E-state index in [1.165, 1.54) is 24.3 Å². The highest BCUT2D eigenvalue weighted by Gasteiger charge is 2.11. The molecule has 0 unspecified atom stereocenters. The van der Waals surface area contributed by atoms with Gasteiger partial charge >= 0.3 is 6.03 Å². The van der Waals surface area contributed by atoms with Crippen LogP contribution in [0, 0.1) is 0 Å². The molecule has 2 aromatic carbocycles. The van der Waals surface area contributed by atoms with Gasteiger partial charge in [0.15, 0.2) is 5.82 Å². The van der Waals surface area contributed by atoms with Crippen LogP contribution in [0.2, 0.25) is 0 Å². The molecule has 0 aliphatic carbocycles. The van der Waals surface area contributed by atoms with E-state index in [1.54, 1.807) is 17.8 Å². The number of aromatic nitrogens is 2. The van der Waals surface area contributed by atoms with Crippen molar-refractivity contribution in [2.75, 3.05) is 10.6 Å². The number of hydrogen-bond donors (Lipinski definition) is 3. The van der Waals surface area contributed by atoms with E-state index in [-0.39, 0.29) is 4.90 Å². The molecule has 2 amide bonds. The Balaban J connectivity index is 1.69. The maximum atomic E-state index is 12.1. The molecule has 8 nitrogen and oxygen atoms in total. The fourth-order valence-electron chi connectivity index (χ4n) is 2.41. The second kappa shape index (κ2) is 6.98. The number of amides is 2. The van der Waals surface area contributed by atoms with Crippen LogP contribution in [0.1, 0.15) is 0 Å². The Morgan fingerprint density at radius 2 is 1.69 bits per heavy atom. The van der Waals surface area contributed by atoms with E-state index in [1.807, 2.05) is 30.3 Å². The Labute approximate surface area is 150 Å². The third kappa shape index (κ3) is 4.08. The minimum Gasteiger partial charge on any atom is -0.308 e. The molecule has 0 aliphatic rings. The van der Waals surface area contributed by atoms with Crippen molar-refractivity contribution in [2.45, 2.75) is 4.90 Å². The van der Waals surface area contributed by atoms with E-state index in [0.29, 0.717) is 11.5 Å². The molecule has 0 saturated carbocycles. The third-order valence-corrected chi connectivity index (χ3v) is 4.56. The summed E-state index contributed by atoms with van der Waals surface area (Å²) in [6.45, 7) is 0. The van der Waals surface area contributed by atoms with Crippen LogP contribution in [0.3, 0.4) is 0 Å². The molecule has 0 radical (unpaired) electrons. The number of nitrogens with zero attached hydrogens (tertiary/aromatic N) is 2. The highest BCUT2D eigenvalue weighted by Crippen LogP contribution is 2.21.